The molecule has 0 aliphatic heterocycles. The van der Waals surface area contributed by atoms with Crippen molar-refractivity contribution in [2.24, 2.45) is 0 Å². The predicted octanol–water partition coefficient (Wildman–Crippen LogP) is 7.39. The van der Waals surface area contributed by atoms with Gasteiger partial charge in [-0.15, -0.1) is 0 Å². The Labute approximate surface area is 145 Å². The van der Waals surface area contributed by atoms with Crippen LogP contribution in [0.1, 0.15) is 91.4 Å². The minimum atomic E-state index is 0.435. The molecule has 0 aliphatic carbocycles. The molecule has 1 nitrogen and oxygen atoms in total. The molecule has 0 saturated heterocycles. The molecular weight excluding hydrogens is 280 g/mol. The molecule has 1 unspecified atom stereocenters. The Bertz CT molecular complexity index is 301. The van der Waals surface area contributed by atoms with E-state index in [-0.39, 0.29) is 0 Å². The number of ether oxygens (including phenoxy) is 1. The van der Waals surface area contributed by atoms with Crippen molar-refractivity contribution < 1.29 is 4.74 Å². The molecule has 0 amide bonds. The molecule has 0 aliphatic rings. The van der Waals surface area contributed by atoms with Crippen molar-refractivity contribution in [3.8, 4) is 0 Å². The van der Waals surface area contributed by atoms with Gasteiger partial charge in [-0.05, 0) is 51.9 Å². The van der Waals surface area contributed by atoms with Gasteiger partial charge in [-0.3, -0.25) is 0 Å². The van der Waals surface area contributed by atoms with E-state index in [1.54, 1.807) is 0 Å². The van der Waals surface area contributed by atoms with Gasteiger partial charge in [0.1, 0.15) is 0 Å². The molecule has 0 bridgehead atoms. The second-order valence-electron chi connectivity index (χ2n) is 6.29. The summed E-state index contributed by atoms with van der Waals surface area (Å²) in [5.41, 5.74) is 0. The molecule has 1 heteroatoms. The lowest BCUT2D eigenvalue weighted by atomic mass is 10.1. The van der Waals surface area contributed by atoms with Crippen molar-refractivity contribution in [2.75, 3.05) is 6.61 Å². The van der Waals surface area contributed by atoms with Crippen molar-refractivity contribution >= 4 is 0 Å². The van der Waals surface area contributed by atoms with E-state index < -0.39 is 0 Å². The van der Waals surface area contributed by atoms with Crippen LogP contribution in [0.15, 0.2) is 36.5 Å². The van der Waals surface area contributed by atoms with Gasteiger partial charge in [0.2, 0.25) is 0 Å². The highest BCUT2D eigenvalue weighted by molar-refractivity contribution is 4.96. The van der Waals surface area contributed by atoms with Crippen LogP contribution in [0.3, 0.4) is 0 Å². The van der Waals surface area contributed by atoms with Gasteiger partial charge in [0, 0.05) is 6.61 Å². The minimum absolute atomic E-state index is 0.435. The van der Waals surface area contributed by atoms with E-state index in [0.29, 0.717) is 6.10 Å². The Kier molecular flexibility index (Phi) is 18.5. The molecule has 1 atom stereocenters. The second-order valence-corrected chi connectivity index (χ2v) is 6.29. The van der Waals surface area contributed by atoms with Crippen LogP contribution < -0.4 is 0 Å². The van der Waals surface area contributed by atoms with Crippen molar-refractivity contribution in [1.29, 1.82) is 0 Å². The maximum absolute atomic E-state index is 5.69. The summed E-state index contributed by atoms with van der Waals surface area (Å²) in [6, 6.07) is 0. The summed E-state index contributed by atoms with van der Waals surface area (Å²) in [4.78, 5) is 0. The van der Waals surface area contributed by atoms with Crippen molar-refractivity contribution in [2.45, 2.75) is 97.5 Å². The highest BCUT2D eigenvalue weighted by Crippen LogP contribution is 2.08. The lowest BCUT2D eigenvalue weighted by Gasteiger charge is -2.09. The van der Waals surface area contributed by atoms with E-state index in [2.05, 4.69) is 57.2 Å². The topological polar surface area (TPSA) is 9.23 Å². The highest BCUT2D eigenvalue weighted by atomic mass is 16.5. The van der Waals surface area contributed by atoms with Crippen LogP contribution in [-0.4, -0.2) is 12.7 Å². The molecule has 0 fully saturated rings. The van der Waals surface area contributed by atoms with Crippen LogP contribution in [0.25, 0.3) is 0 Å². The Morgan fingerprint density at radius 2 is 1.26 bits per heavy atom. The number of hydrogen-bond donors (Lipinski definition) is 0. The fourth-order valence-corrected chi connectivity index (χ4v) is 2.30. The number of rotatable bonds is 16. The summed E-state index contributed by atoms with van der Waals surface area (Å²) in [6.07, 6.45) is 27.7. The van der Waals surface area contributed by atoms with Gasteiger partial charge in [-0.1, -0.05) is 76.0 Å². The van der Waals surface area contributed by atoms with Gasteiger partial charge in [0.15, 0.2) is 0 Å². The number of hydrogen-bond acceptors (Lipinski definition) is 1. The van der Waals surface area contributed by atoms with Crippen molar-refractivity contribution in [3.05, 3.63) is 36.5 Å². The molecule has 0 saturated carbocycles. The first-order valence-corrected chi connectivity index (χ1v) is 9.87. The average molecular weight is 321 g/mol. The highest BCUT2D eigenvalue weighted by Gasteiger charge is 1.97. The largest absolute Gasteiger partial charge is 0.379 e. The zero-order valence-corrected chi connectivity index (χ0v) is 15.9. The molecule has 0 heterocycles. The number of allylic oxidation sites excluding steroid dienone is 6. The van der Waals surface area contributed by atoms with Gasteiger partial charge < -0.3 is 4.74 Å². The standard InChI is InChI=1S/C22H40O/c1-4-6-7-8-9-10-11-12-13-14-15-16-17-18-19-20-21-23-22(3)5-2/h6-7,9-10,12-13,22H,4-5,8,11,14-21H2,1-3H3/b7-6-,10-9-,13-12-. The normalized spacial score (nSPS) is 13.7. The fourth-order valence-electron chi connectivity index (χ4n) is 2.30. The average Bonchev–Trinajstić information content (AvgIpc) is 2.57. The first-order valence-electron chi connectivity index (χ1n) is 9.87. The summed E-state index contributed by atoms with van der Waals surface area (Å²) in [5, 5.41) is 0. The van der Waals surface area contributed by atoms with Crippen molar-refractivity contribution in [1.82, 2.24) is 0 Å². The molecule has 0 aromatic carbocycles. The summed E-state index contributed by atoms with van der Waals surface area (Å²) in [6.45, 7) is 7.46. The smallest absolute Gasteiger partial charge is 0.0544 e. The third kappa shape index (κ3) is 19.1. The summed E-state index contributed by atoms with van der Waals surface area (Å²) >= 11 is 0. The van der Waals surface area contributed by atoms with E-state index >= 15 is 0 Å². The molecule has 0 radical (unpaired) electrons. The van der Waals surface area contributed by atoms with Gasteiger partial charge in [-0.25, -0.2) is 0 Å². The lowest BCUT2D eigenvalue weighted by Crippen LogP contribution is -2.07. The maximum Gasteiger partial charge on any atom is 0.0544 e. The minimum Gasteiger partial charge on any atom is -0.379 e. The maximum atomic E-state index is 5.69. The van der Waals surface area contributed by atoms with E-state index in [1.165, 1.54) is 44.9 Å². The zero-order chi connectivity index (χ0) is 17.0. The molecule has 0 N–H and O–H groups in total. The molecule has 0 rings (SSSR count). The van der Waals surface area contributed by atoms with Gasteiger partial charge >= 0.3 is 0 Å². The fraction of sp³-hybridized carbons (Fsp3) is 0.727. The van der Waals surface area contributed by atoms with Gasteiger partial charge in [0.25, 0.3) is 0 Å². The van der Waals surface area contributed by atoms with E-state index in [9.17, 15) is 0 Å². The van der Waals surface area contributed by atoms with Crippen LogP contribution in [0.5, 0.6) is 0 Å². The summed E-state index contributed by atoms with van der Waals surface area (Å²) in [7, 11) is 0. The first kappa shape index (κ1) is 22.2. The third-order valence-corrected chi connectivity index (χ3v) is 4.02. The van der Waals surface area contributed by atoms with Gasteiger partial charge in [-0.2, -0.15) is 0 Å². The van der Waals surface area contributed by atoms with E-state index in [1.807, 2.05) is 0 Å². The molecule has 134 valence electrons. The quantitative estimate of drug-likeness (QED) is 0.213. The van der Waals surface area contributed by atoms with Crippen molar-refractivity contribution in [3.63, 3.8) is 0 Å². The third-order valence-electron chi connectivity index (χ3n) is 4.02. The molecular formula is C22H40O. The van der Waals surface area contributed by atoms with E-state index in [4.69, 9.17) is 4.74 Å². The Balaban J connectivity index is 3.20. The predicted molar refractivity (Wildman–Crippen MR) is 105 cm³/mol. The Morgan fingerprint density at radius 3 is 1.91 bits per heavy atom. The lowest BCUT2D eigenvalue weighted by molar-refractivity contribution is 0.0608. The van der Waals surface area contributed by atoms with Crippen LogP contribution in [-0.2, 0) is 4.74 Å². The molecule has 0 aromatic heterocycles. The molecule has 0 spiro atoms. The Morgan fingerprint density at radius 1 is 0.696 bits per heavy atom. The summed E-state index contributed by atoms with van der Waals surface area (Å²) < 4.78 is 5.69. The molecule has 23 heavy (non-hydrogen) atoms. The summed E-state index contributed by atoms with van der Waals surface area (Å²) in [5.74, 6) is 0. The van der Waals surface area contributed by atoms with E-state index in [0.717, 1.165) is 32.3 Å². The Hall–Kier alpha value is -0.820. The van der Waals surface area contributed by atoms with Gasteiger partial charge in [0.05, 0.1) is 6.10 Å². The van der Waals surface area contributed by atoms with Crippen LogP contribution >= 0.6 is 0 Å². The van der Waals surface area contributed by atoms with Crippen LogP contribution in [0, 0.1) is 0 Å². The second kappa shape index (κ2) is 19.2. The SMILES string of the molecule is CC/C=C\C/C=C\C/C=C\CCCCCCCCOC(C)CC. The monoisotopic (exact) mass is 320 g/mol. The first-order chi connectivity index (χ1) is 11.3. The zero-order valence-electron chi connectivity index (χ0n) is 15.9. The van der Waals surface area contributed by atoms with Crippen LogP contribution in [0.2, 0.25) is 0 Å². The number of unbranched alkanes of at least 4 members (excludes halogenated alkanes) is 6. The molecule has 0 aromatic rings. The van der Waals surface area contributed by atoms with Crippen LogP contribution in [0.4, 0.5) is 0 Å².